The number of halogens is 3. The van der Waals surface area contributed by atoms with Crippen LogP contribution in [0.1, 0.15) is 29.9 Å². The number of fused-ring (bicyclic) bond motifs is 2. The zero-order valence-corrected chi connectivity index (χ0v) is 20.4. The number of hydrogen-bond donors (Lipinski definition) is 3. The first-order valence-electron chi connectivity index (χ1n) is 11.3. The van der Waals surface area contributed by atoms with Crippen LogP contribution in [0.3, 0.4) is 0 Å². The molecule has 4 heterocycles. The number of anilines is 1. The van der Waals surface area contributed by atoms with E-state index in [2.05, 4.69) is 25.3 Å². The van der Waals surface area contributed by atoms with Crippen LogP contribution >= 0.6 is 0 Å². The third kappa shape index (κ3) is 5.31. The highest BCUT2D eigenvalue weighted by atomic mass is 19.4. The van der Waals surface area contributed by atoms with Gasteiger partial charge in [0.05, 0.1) is 23.6 Å². The van der Waals surface area contributed by atoms with Crippen molar-refractivity contribution in [1.29, 1.82) is 0 Å². The first-order chi connectivity index (χ1) is 18.0. The van der Waals surface area contributed by atoms with Crippen LogP contribution in [0, 0.1) is 13.8 Å². The van der Waals surface area contributed by atoms with Crippen molar-refractivity contribution in [3.63, 3.8) is 0 Å². The van der Waals surface area contributed by atoms with E-state index in [0.717, 1.165) is 16.8 Å². The molecular weight excluding hydrogens is 503 g/mol. The molecule has 0 bridgehead atoms. The Kier molecular flexibility index (Phi) is 7.10. The summed E-state index contributed by atoms with van der Waals surface area (Å²) in [6, 6.07) is 13.3. The molecule has 38 heavy (non-hydrogen) atoms. The van der Waals surface area contributed by atoms with Crippen LogP contribution in [0.5, 0.6) is 0 Å². The van der Waals surface area contributed by atoms with Crippen molar-refractivity contribution < 1.29 is 23.1 Å². The molecule has 0 saturated heterocycles. The number of pyridine rings is 1. The molecule has 4 aromatic heterocycles. The zero-order chi connectivity index (χ0) is 27.6. The van der Waals surface area contributed by atoms with Crippen molar-refractivity contribution in [1.82, 2.24) is 29.3 Å². The molecule has 10 nitrogen and oxygen atoms in total. The van der Waals surface area contributed by atoms with Gasteiger partial charge < -0.3 is 15.4 Å². The van der Waals surface area contributed by atoms with E-state index in [1.165, 1.54) is 6.33 Å². The Morgan fingerprint density at radius 3 is 2.50 bits per heavy atom. The summed E-state index contributed by atoms with van der Waals surface area (Å²) >= 11 is 0. The first-order valence-corrected chi connectivity index (χ1v) is 11.3. The Morgan fingerprint density at radius 2 is 1.82 bits per heavy atom. The van der Waals surface area contributed by atoms with Gasteiger partial charge in [0.1, 0.15) is 17.5 Å². The average molecular weight is 525 g/mol. The van der Waals surface area contributed by atoms with Gasteiger partial charge in [-0.2, -0.15) is 13.2 Å². The van der Waals surface area contributed by atoms with E-state index in [0.29, 0.717) is 33.9 Å². The summed E-state index contributed by atoms with van der Waals surface area (Å²) in [5.74, 6) is -2.17. The number of alkyl halides is 3. The number of aromatic nitrogens is 6. The maximum Gasteiger partial charge on any atom is 0.490 e. The Labute approximate surface area is 213 Å². The number of aromatic amines is 1. The quantitative estimate of drug-likeness (QED) is 0.313. The molecule has 1 aromatic carbocycles. The lowest BCUT2D eigenvalue weighted by Crippen LogP contribution is -2.24. The SMILES string of the molecule is Cc1cccc(-c2c(C(C)Nc3ncnc4[nH]cnc34)nc3cccc(C)n3c2=O)c1.O=C(O)C(F)(F)F. The van der Waals surface area contributed by atoms with Crippen molar-refractivity contribution >= 4 is 28.6 Å². The van der Waals surface area contributed by atoms with Gasteiger partial charge in [-0.3, -0.25) is 9.20 Å². The Hall–Kier alpha value is -4.81. The number of carbonyl (C=O) groups is 1. The lowest BCUT2D eigenvalue weighted by molar-refractivity contribution is -0.192. The molecule has 5 aromatic rings. The van der Waals surface area contributed by atoms with Gasteiger partial charge in [0, 0.05) is 5.69 Å². The molecule has 1 unspecified atom stereocenters. The number of benzene rings is 1. The number of nitrogens with one attached hydrogen (secondary N) is 2. The van der Waals surface area contributed by atoms with Gasteiger partial charge in [0.25, 0.3) is 5.56 Å². The molecule has 0 spiro atoms. The molecule has 196 valence electrons. The predicted octanol–water partition coefficient (Wildman–Crippen LogP) is 4.45. The number of aryl methyl sites for hydroxylation is 2. The van der Waals surface area contributed by atoms with Gasteiger partial charge in [0.2, 0.25) is 0 Å². The zero-order valence-electron chi connectivity index (χ0n) is 20.4. The van der Waals surface area contributed by atoms with E-state index in [4.69, 9.17) is 14.9 Å². The van der Waals surface area contributed by atoms with Crippen LogP contribution in [-0.4, -0.2) is 46.6 Å². The Bertz CT molecular complexity index is 1700. The summed E-state index contributed by atoms with van der Waals surface area (Å²) < 4.78 is 33.4. The fraction of sp³-hybridized carbons (Fsp3) is 0.200. The molecule has 0 fully saturated rings. The average Bonchev–Trinajstić information content (AvgIpc) is 3.33. The molecule has 0 aliphatic heterocycles. The van der Waals surface area contributed by atoms with Crippen LogP contribution in [0.15, 0.2) is 59.9 Å². The van der Waals surface area contributed by atoms with Gasteiger partial charge >= 0.3 is 12.1 Å². The van der Waals surface area contributed by atoms with Gasteiger partial charge in [0.15, 0.2) is 11.5 Å². The molecule has 0 saturated carbocycles. The van der Waals surface area contributed by atoms with Crippen molar-refractivity contribution in [3.05, 3.63) is 82.4 Å². The smallest absolute Gasteiger partial charge is 0.475 e. The maximum atomic E-state index is 13.7. The standard InChI is InChI=1S/C23H21N7O.C2HF3O2/c1-13-6-4-8-16(10-13)18-19(29-17-9-5-7-14(2)30(17)23(18)31)15(3)28-22-20-21(25-11-24-20)26-12-27-22;3-2(4,5)1(6)7/h4-12,15H,1-3H3,(H2,24,25,26,27,28);(H,6,7). The second kappa shape index (κ2) is 10.3. The number of hydrogen-bond acceptors (Lipinski definition) is 7. The van der Waals surface area contributed by atoms with Crippen molar-refractivity contribution in [3.8, 4) is 11.1 Å². The van der Waals surface area contributed by atoms with E-state index in [1.54, 1.807) is 10.7 Å². The number of carboxylic acids is 1. The third-order valence-electron chi connectivity index (χ3n) is 5.60. The largest absolute Gasteiger partial charge is 0.490 e. The fourth-order valence-corrected chi connectivity index (χ4v) is 3.88. The summed E-state index contributed by atoms with van der Waals surface area (Å²) in [5.41, 5.74) is 5.78. The van der Waals surface area contributed by atoms with Gasteiger partial charge in [-0.15, -0.1) is 0 Å². The van der Waals surface area contributed by atoms with Crippen molar-refractivity contribution in [2.45, 2.75) is 33.0 Å². The molecule has 0 aliphatic rings. The highest BCUT2D eigenvalue weighted by Crippen LogP contribution is 2.28. The highest BCUT2D eigenvalue weighted by Gasteiger charge is 2.38. The normalized spacial score (nSPS) is 12.2. The van der Waals surface area contributed by atoms with E-state index in [-0.39, 0.29) is 11.6 Å². The maximum absolute atomic E-state index is 13.7. The second-order valence-electron chi connectivity index (χ2n) is 8.40. The number of aliphatic carboxylic acids is 1. The number of nitrogens with zero attached hydrogens (tertiary/aromatic N) is 5. The molecule has 0 radical (unpaired) electrons. The van der Waals surface area contributed by atoms with E-state index in [1.807, 2.05) is 63.2 Å². The third-order valence-corrected chi connectivity index (χ3v) is 5.60. The molecule has 13 heteroatoms. The van der Waals surface area contributed by atoms with Crippen LogP contribution in [-0.2, 0) is 4.79 Å². The summed E-state index contributed by atoms with van der Waals surface area (Å²) in [4.78, 5) is 43.3. The molecule has 1 atom stereocenters. The minimum absolute atomic E-state index is 0.0926. The second-order valence-corrected chi connectivity index (χ2v) is 8.40. The van der Waals surface area contributed by atoms with Crippen molar-refractivity contribution in [2.75, 3.05) is 5.32 Å². The van der Waals surface area contributed by atoms with Crippen LogP contribution in [0.4, 0.5) is 19.0 Å². The topological polar surface area (TPSA) is 138 Å². The number of H-pyrrole nitrogens is 1. The molecule has 0 amide bonds. The molecular formula is C25H22F3N7O3. The highest BCUT2D eigenvalue weighted by molar-refractivity contribution is 5.82. The monoisotopic (exact) mass is 525 g/mol. The fourth-order valence-electron chi connectivity index (χ4n) is 3.88. The van der Waals surface area contributed by atoms with Gasteiger partial charge in [-0.1, -0.05) is 35.9 Å². The van der Waals surface area contributed by atoms with Crippen LogP contribution in [0.25, 0.3) is 27.9 Å². The minimum Gasteiger partial charge on any atom is -0.475 e. The summed E-state index contributed by atoms with van der Waals surface area (Å²) in [5, 5.41) is 10.5. The van der Waals surface area contributed by atoms with E-state index in [9.17, 15) is 18.0 Å². The van der Waals surface area contributed by atoms with E-state index >= 15 is 0 Å². The molecule has 5 rings (SSSR count). The Balaban J connectivity index is 0.000000426. The van der Waals surface area contributed by atoms with E-state index < -0.39 is 12.1 Å². The molecule has 3 N–H and O–H groups in total. The predicted molar refractivity (Wildman–Crippen MR) is 134 cm³/mol. The van der Waals surface area contributed by atoms with Crippen LogP contribution < -0.4 is 10.9 Å². The van der Waals surface area contributed by atoms with Crippen LogP contribution in [0.2, 0.25) is 0 Å². The number of imidazole rings is 1. The van der Waals surface area contributed by atoms with Gasteiger partial charge in [-0.25, -0.2) is 24.7 Å². The van der Waals surface area contributed by atoms with Gasteiger partial charge in [-0.05, 0) is 38.5 Å². The number of rotatable bonds is 4. The Morgan fingerprint density at radius 1 is 1.11 bits per heavy atom. The first kappa shape index (κ1) is 26.3. The lowest BCUT2D eigenvalue weighted by atomic mass is 9.99. The lowest BCUT2D eigenvalue weighted by Gasteiger charge is -2.19. The summed E-state index contributed by atoms with van der Waals surface area (Å²) in [6.45, 7) is 5.89. The molecule has 0 aliphatic carbocycles. The number of carboxylic acid groups (broad SMARTS) is 1. The van der Waals surface area contributed by atoms with Crippen molar-refractivity contribution in [2.24, 2.45) is 0 Å². The summed E-state index contributed by atoms with van der Waals surface area (Å²) in [6.07, 6.45) is -2.03. The minimum atomic E-state index is -5.08. The summed E-state index contributed by atoms with van der Waals surface area (Å²) in [7, 11) is 0.